The lowest BCUT2D eigenvalue weighted by Gasteiger charge is -2.40. The third kappa shape index (κ3) is 4.18. The summed E-state index contributed by atoms with van der Waals surface area (Å²) in [6.45, 7) is 1.64. The first kappa shape index (κ1) is 17.4. The van der Waals surface area contributed by atoms with Crippen LogP contribution in [0.15, 0.2) is 36.6 Å². The third-order valence-corrected chi connectivity index (χ3v) is 3.95. The summed E-state index contributed by atoms with van der Waals surface area (Å²) in [7, 11) is 1.60. The summed E-state index contributed by atoms with van der Waals surface area (Å²) in [5, 5.41) is 0. The van der Waals surface area contributed by atoms with Crippen molar-refractivity contribution in [2.24, 2.45) is 0 Å². The van der Waals surface area contributed by atoms with Crippen LogP contribution in [0.3, 0.4) is 0 Å². The van der Waals surface area contributed by atoms with E-state index in [2.05, 4.69) is 0 Å². The number of ketones is 1. The van der Waals surface area contributed by atoms with Gasteiger partial charge < -0.3 is 23.7 Å². The number of fused-ring (bicyclic) bond motifs is 1. The van der Waals surface area contributed by atoms with Crippen molar-refractivity contribution in [1.82, 2.24) is 0 Å². The predicted molar refractivity (Wildman–Crippen MR) is 85.8 cm³/mol. The molecular formula is C18H20O7. The Morgan fingerprint density at radius 1 is 1.24 bits per heavy atom. The van der Waals surface area contributed by atoms with Gasteiger partial charge in [-0.15, -0.1) is 0 Å². The van der Waals surface area contributed by atoms with Gasteiger partial charge >= 0.3 is 5.97 Å². The molecule has 4 atom stereocenters. The monoisotopic (exact) mass is 348 g/mol. The molecule has 25 heavy (non-hydrogen) atoms. The molecule has 0 saturated carbocycles. The van der Waals surface area contributed by atoms with Gasteiger partial charge in [-0.1, -0.05) is 12.1 Å². The van der Waals surface area contributed by atoms with Crippen molar-refractivity contribution in [2.75, 3.05) is 13.7 Å². The number of benzene rings is 1. The summed E-state index contributed by atoms with van der Waals surface area (Å²) in [5.41, 5.74) is 0.822. The van der Waals surface area contributed by atoms with E-state index in [1.807, 2.05) is 24.3 Å². The molecule has 2 heterocycles. The Hall–Kier alpha value is -2.38. The second-order valence-corrected chi connectivity index (χ2v) is 5.88. The number of ether oxygens (including phenoxy) is 5. The molecular weight excluding hydrogens is 328 g/mol. The van der Waals surface area contributed by atoms with Crippen LogP contribution in [0.25, 0.3) is 0 Å². The molecule has 134 valence electrons. The molecule has 7 heteroatoms. The zero-order valence-corrected chi connectivity index (χ0v) is 14.0. The molecule has 2 aliphatic heterocycles. The molecule has 7 nitrogen and oxygen atoms in total. The number of hydrogen-bond donors (Lipinski definition) is 0. The van der Waals surface area contributed by atoms with Crippen LogP contribution in [0.4, 0.5) is 0 Å². The summed E-state index contributed by atoms with van der Waals surface area (Å²) in [6.07, 6.45) is 0.687. The first-order valence-corrected chi connectivity index (χ1v) is 7.99. The average Bonchev–Trinajstić information content (AvgIpc) is 2.61. The molecule has 0 radical (unpaired) electrons. The van der Waals surface area contributed by atoms with Crippen molar-refractivity contribution < 1.29 is 33.3 Å². The van der Waals surface area contributed by atoms with Crippen LogP contribution in [0.5, 0.6) is 5.75 Å². The Morgan fingerprint density at radius 2 is 2.00 bits per heavy atom. The van der Waals surface area contributed by atoms with Gasteiger partial charge in [0.1, 0.15) is 24.1 Å². The summed E-state index contributed by atoms with van der Waals surface area (Å²) >= 11 is 0. The quantitative estimate of drug-likeness (QED) is 0.594. The van der Waals surface area contributed by atoms with E-state index in [-0.39, 0.29) is 18.3 Å². The van der Waals surface area contributed by atoms with Crippen molar-refractivity contribution in [3.05, 3.63) is 42.2 Å². The Kier molecular flexibility index (Phi) is 5.35. The van der Waals surface area contributed by atoms with Gasteiger partial charge in [-0.05, 0) is 25.1 Å². The van der Waals surface area contributed by atoms with E-state index in [4.69, 9.17) is 23.7 Å². The topological polar surface area (TPSA) is 80.3 Å². The van der Waals surface area contributed by atoms with E-state index in [0.717, 1.165) is 11.3 Å². The predicted octanol–water partition coefficient (Wildman–Crippen LogP) is 1.91. The lowest BCUT2D eigenvalue weighted by Crippen LogP contribution is -2.50. The molecule has 3 rings (SSSR count). The summed E-state index contributed by atoms with van der Waals surface area (Å²) in [5.74, 6) is -0.0992. The Balaban J connectivity index is 1.69. The molecule has 0 bridgehead atoms. The van der Waals surface area contributed by atoms with Gasteiger partial charge in [0.2, 0.25) is 0 Å². The second-order valence-electron chi connectivity index (χ2n) is 5.88. The zero-order valence-electron chi connectivity index (χ0n) is 14.0. The van der Waals surface area contributed by atoms with Crippen LogP contribution in [-0.4, -0.2) is 43.8 Å². The molecule has 2 aliphatic rings. The highest BCUT2D eigenvalue weighted by Crippen LogP contribution is 2.33. The number of methoxy groups -OCH3 is 1. The Morgan fingerprint density at radius 3 is 2.68 bits per heavy atom. The van der Waals surface area contributed by atoms with E-state index < -0.39 is 24.5 Å². The molecule has 0 spiro atoms. The molecule has 0 aliphatic carbocycles. The summed E-state index contributed by atoms with van der Waals surface area (Å²) in [4.78, 5) is 22.9. The number of hydrogen-bond acceptors (Lipinski definition) is 7. The fourth-order valence-corrected chi connectivity index (χ4v) is 2.72. The van der Waals surface area contributed by atoms with Crippen LogP contribution < -0.4 is 4.74 Å². The average molecular weight is 348 g/mol. The minimum Gasteiger partial charge on any atom is -0.497 e. The van der Waals surface area contributed by atoms with Crippen molar-refractivity contribution in [3.8, 4) is 5.75 Å². The fourth-order valence-electron chi connectivity index (χ4n) is 2.72. The maximum absolute atomic E-state index is 11.8. The number of Topliss-reactive ketones (excluding diaryl/α,β-unsaturated/α-hetero) is 1. The van der Waals surface area contributed by atoms with Crippen LogP contribution in [0.1, 0.15) is 25.2 Å². The first-order chi connectivity index (χ1) is 12.1. The molecule has 1 fully saturated rings. The van der Waals surface area contributed by atoms with Gasteiger partial charge in [0, 0.05) is 5.56 Å². The van der Waals surface area contributed by atoms with E-state index in [1.54, 1.807) is 13.2 Å². The largest absolute Gasteiger partial charge is 0.497 e. The van der Waals surface area contributed by atoms with E-state index in [0.29, 0.717) is 6.61 Å². The van der Waals surface area contributed by atoms with E-state index >= 15 is 0 Å². The minimum absolute atomic E-state index is 0.249. The molecule has 0 aromatic heterocycles. The van der Waals surface area contributed by atoms with Crippen LogP contribution in [0, 0.1) is 0 Å². The maximum atomic E-state index is 11.8. The highest BCUT2D eigenvalue weighted by atomic mass is 16.7. The normalized spacial score (nSPS) is 27.8. The van der Waals surface area contributed by atoms with Crippen LogP contribution >= 0.6 is 0 Å². The molecule has 0 amide bonds. The number of esters is 1. The third-order valence-electron chi connectivity index (χ3n) is 3.95. The number of carbonyl (C=O) groups excluding carboxylic acids is 2. The summed E-state index contributed by atoms with van der Waals surface area (Å²) in [6, 6.07) is 7.33. The summed E-state index contributed by atoms with van der Waals surface area (Å²) < 4.78 is 27.7. The minimum atomic E-state index is -0.629. The van der Waals surface area contributed by atoms with Gasteiger partial charge in [0.05, 0.1) is 20.0 Å². The zero-order chi connectivity index (χ0) is 17.8. The molecule has 4 unspecified atom stereocenters. The van der Waals surface area contributed by atoms with Gasteiger partial charge in [-0.25, -0.2) is 0 Å². The van der Waals surface area contributed by atoms with E-state index in [9.17, 15) is 9.59 Å². The van der Waals surface area contributed by atoms with Crippen molar-refractivity contribution >= 4 is 11.8 Å². The molecule has 0 N–H and O–H groups in total. The van der Waals surface area contributed by atoms with Crippen LogP contribution in [-0.2, 0) is 28.5 Å². The number of carbonyl (C=O) groups is 2. The Bertz CT molecular complexity index is 652. The highest BCUT2D eigenvalue weighted by molar-refractivity contribution is 5.94. The maximum Gasteiger partial charge on any atom is 0.313 e. The SMILES string of the molecule is COc1ccc(C2OCC3OC=CC(OC(=O)CC(C)=O)C3O2)cc1. The highest BCUT2D eigenvalue weighted by Gasteiger charge is 2.42. The van der Waals surface area contributed by atoms with Gasteiger partial charge in [-0.2, -0.15) is 0 Å². The van der Waals surface area contributed by atoms with Gasteiger partial charge in [-0.3, -0.25) is 9.59 Å². The molecule has 1 aromatic rings. The smallest absolute Gasteiger partial charge is 0.313 e. The number of rotatable bonds is 5. The van der Waals surface area contributed by atoms with Gasteiger partial charge in [0.25, 0.3) is 0 Å². The molecule has 1 saturated heterocycles. The van der Waals surface area contributed by atoms with Gasteiger partial charge in [0.15, 0.2) is 18.5 Å². The first-order valence-electron chi connectivity index (χ1n) is 7.99. The molecule has 1 aromatic carbocycles. The lowest BCUT2D eigenvalue weighted by atomic mass is 10.0. The van der Waals surface area contributed by atoms with Crippen molar-refractivity contribution in [3.63, 3.8) is 0 Å². The van der Waals surface area contributed by atoms with Crippen LogP contribution in [0.2, 0.25) is 0 Å². The standard InChI is InChI=1S/C18H20O7/c1-11(19)9-16(20)24-14-7-8-22-15-10-23-18(25-17(14)15)12-3-5-13(21-2)6-4-12/h3-8,14-15,17-18H,9-10H2,1-2H3. The van der Waals surface area contributed by atoms with Crippen molar-refractivity contribution in [2.45, 2.75) is 37.9 Å². The van der Waals surface area contributed by atoms with Crippen molar-refractivity contribution in [1.29, 1.82) is 0 Å². The lowest BCUT2D eigenvalue weighted by molar-refractivity contribution is -0.278. The second kappa shape index (κ2) is 7.67. The fraction of sp³-hybridized carbons (Fsp3) is 0.444. The Labute approximate surface area is 145 Å². The van der Waals surface area contributed by atoms with E-state index in [1.165, 1.54) is 13.2 Å².